The minimum absolute atomic E-state index is 0. The molecule has 2 N–H and O–H groups in total. The van der Waals surface area contributed by atoms with E-state index in [1.165, 1.54) is 6.92 Å². The number of hydrogen-bond acceptors (Lipinski definition) is 11. The van der Waals surface area contributed by atoms with Gasteiger partial charge in [0.2, 0.25) is 0 Å². The minimum atomic E-state index is -4.31. The first kappa shape index (κ1) is 56.2. The van der Waals surface area contributed by atoms with Gasteiger partial charge < -0.3 is 43.6 Å². The predicted molar refractivity (Wildman–Crippen MR) is 220 cm³/mol. The fraction of sp³-hybridized carbons (Fsp3) is 0.795. The van der Waals surface area contributed by atoms with Gasteiger partial charge in [-0.05, 0) is 69.6 Å². The molecule has 0 aromatic carbocycles. The van der Waals surface area contributed by atoms with E-state index in [0.717, 1.165) is 18.4 Å². The molecule has 0 spiro atoms. The Morgan fingerprint density at radius 1 is 0.737 bits per heavy atom. The Balaban J connectivity index is 0. The molecule has 1 atom stereocenters. The molecule has 18 heteroatoms. The molecule has 0 fully saturated rings. The largest absolute Gasteiger partial charge is 0.460 e. The maximum absolute atomic E-state index is 13.8. The number of ether oxygens (including phenoxy) is 5. The number of alkyl carbamates (subject to hydrolysis) is 2. The summed E-state index contributed by atoms with van der Waals surface area (Å²) >= 11 is 0. The number of carbonyl (C=O) groups excluding carboxylic acids is 3. The van der Waals surface area contributed by atoms with Crippen LogP contribution in [0.4, 0.5) is 22.8 Å². The lowest BCUT2D eigenvalue weighted by Crippen LogP contribution is -2.60. The van der Waals surface area contributed by atoms with E-state index < -0.39 is 63.2 Å². The maximum atomic E-state index is 13.8. The van der Waals surface area contributed by atoms with Crippen LogP contribution in [0.15, 0.2) is 30.7 Å². The van der Waals surface area contributed by atoms with Crippen LogP contribution >= 0.6 is 0 Å². The molecule has 1 unspecified atom stereocenters. The summed E-state index contributed by atoms with van der Waals surface area (Å²) in [5.41, 5.74) is 0.917. The fourth-order valence-electron chi connectivity index (χ4n) is 6.31. The van der Waals surface area contributed by atoms with Crippen molar-refractivity contribution in [1.29, 1.82) is 0 Å². The van der Waals surface area contributed by atoms with Crippen LogP contribution in [-0.2, 0) is 42.7 Å². The summed E-state index contributed by atoms with van der Waals surface area (Å²) in [7, 11) is -4.66. The van der Waals surface area contributed by atoms with Crippen LogP contribution in [0.3, 0.4) is 0 Å². The zero-order valence-corrected chi connectivity index (χ0v) is 37.4. The number of nitrogens with one attached hydrogen (secondary N) is 2. The molecule has 0 aliphatic carbocycles. The number of esters is 1. The minimum Gasteiger partial charge on any atom is -0.460 e. The van der Waals surface area contributed by atoms with Gasteiger partial charge in [-0.1, -0.05) is 66.2 Å². The normalized spacial score (nSPS) is 13.3. The molecule has 0 radical (unpaired) electrons. The summed E-state index contributed by atoms with van der Waals surface area (Å²) in [6, 6.07) is 1.54. The van der Waals surface area contributed by atoms with E-state index in [9.17, 15) is 27.6 Å². The average molecular weight is 859 g/mol. The second-order valence-electron chi connectivity index (χ2n) is 16.0. The predicted octanol–water partition coefficient (Wildman–Crippen LogP) is 9.09. The van der Waals surface area contributed by atoms with Gasteiger partial charge in [-0.3, -0.25) is 0 Å². The molecule has 2 amide bonds. The van der Waals surface area contributed by atoms with E-state index in [0.29, 0.717) is 26.1 Å². The molecule has 0 rings (SSSR count). The second kappa shape index (κ2) is 27.0. The molecular weight excluding hydrogens is 786 g/mol. The Labute approximate surface area is 341 Å². The number of hydrogen-bond donors (Lipinski definition) is 2. The van der Waals surface area contributed by atoms with Gasteiger partial charge in [0.15, 0.2) is 14.6 Å². The number of amides is 2. The zero-order chi connectivity index (χ0) is 43.1. The molecule has 0 bridgehead atoms. The lowest BCUT2D eigenvalue weighted by molar-refractivity contribution is -0.246. The van der Waals surface area contributed by atoms with Gasteiger partial charge in [0.25, 0.3) is 0 Å². The van der Waals surface area contributed by atoms with Gasteiger partial charge in [-0.15, -0.1) is 0 Å². The van der Waals surface area contributed by atoms with Crippen LogP contribution in [-0.4, -0.2) is 112 Å². The van der Waals surface area contributed by atoms with Crippen LogP contribution in [0.25, 0.3) is 0 Å². The summed E-state index contributed by atoms with van der Waals surface area (Å²) in [4.78, 5) is 44.3. The first-order valence-electron chi connectivity index (χ1n) is 19.0. The lowest BCUT2D eigenvalue weighted by atomic mass is 9.64. The van der Waals surface area contributed by atoms with Crippen molar-refractivity contribution in [2.75, 3.05) is 65.9 Å². The monoisotopic (exact) mass is 858 g/mol. The van der Waals surface area contributed by atoms with Crippen molar-refractivity contribution in [3.63, 3.8) is 0 Å². The fourth-order valence-corrected chi connectivity index (χ4v) is 12.6. The summed E-state index contributed by atoms with van der Waals surface area (Å²) < 4.78 is 74.9. The van der Waals surface area contributed by atoms with Crippen molar-refractivity contribution < 1.29 is 65.4 Å². The summed E-state index contributed by atoms with van der Waals surface area (Å²) in [5.74, 6) is -0.538. The Morgan fingerprint density at radius 3 is 1.74 bits per heavy atom. The molecule has 57 heavy (non-hydrogen) atoms. The maximum Gasteiger partial charge on any atom is 0.407 e. The third kappa shape index (κ3) is 22.8. The first-order valence-corrected chi connectivity index (χ1v) is 25.4. The topological polar surface area (TPSA) is 149 Å². The van der Waals surface area contributed by atoms with Crippen LogP contribution in [0.5, 0.6) is 0 Å². The molecular formula is C39H73F3N2O11Si2. The average Bonchev–Trinajstić information content (AvgIpc) is 3.08. The molecule has 0 saturated carbocycles. The number of halogens is 3. The van der Waals surface area contributed by atoms with Crippen molar-refractivity contribution >= 4 is 34.5 Å². The van der Waals surface area contributed by atoms with Crippen molar-refractivity contribution in [3.05, 3.63) is 30.7 Å². The summed E-state index contributed by atoms with van der Waals surface area (Å²) in [5, 5.41) is 4.50. The lowest BCUT2D eigenvalue weighted by Gasteiger charge is -2.61. The summed E-state index contributed by atoms with van der Waals surface area (Å²) in [6.07, 6.45) is -4.04. The van der Waals surface area contributed by atoms with Gasteiger partial charge >= 0.3 is 24.3 Å². The Morgan fingerprint density at radius 2 is 1.25 bits per heavy atom. The highest BCUT2D eigenvalue weighted by Crippen LogP contribution is 2.63. The van der Waals surface area contributed by atoms with Gasteiger partial charge in [-0.2, -0.15) is 18.1 Å². The van der Waals surface area contributed by atoms with E-state index >= 15 is 0 Å². The highest BCUT2D eigenvalue weighted by Gasteiger charge is 2.59. The number of carbonyl (C=O) groups is 3. The standard InChI is InChI=1S/C38H69F3N2O11Si2.CH4/c1-13-20-52-53-24-19-43-34(46)51-28-26-48-22-15-30-56(11,12)54-35(4,5)37(8,16-17-38(39,40)41)36(6,7)55(9,10)29-14-21-47-25-27-50-33(45)42-18-23-49-32(44)31(2)3;/h20H,1-2,14-19,21-30H2,3-12H3,(H,42,45)(H,43,46);1H4. The van der Waals surface area contributed by atoms with E-state index in [1.54, 1.807) is 0 Å². The van der Waals surface area contributed by atoms with Crippen LogP contribution in [0.1, 0.15) is 74.7 Å². The van der Waals surface area contributed by atoms with Gasteiger partial charge in [-0.25, -0.2) is 14.4 Å². The molecule has 0 aliphatic rings. The second-order valence-corrected chi connectivity index (χ2v) is 25.8. The van der Waals surface area contributed by atoms with Crippen LogP contribution < -0.4 is 10.6 Å². The number of rotatable bonds is 30. The molecule has 0 aliphatic heterocycles. The highest BCUT2D eigenvalue weighted by atomic mass is 28.4. The highest BCUT2D eigenvalue weighted by molar-refractivity contribution is 6.80. The van der Waals surface area contributed by atoms with Crippen molar-refractivity contribution in [2.45, 2.75) is 130 Å². The molecule has 0 aromatic rings. The van der Waals surface area contributed by atoms with Gasteiger partial charge in [0, 0.05) is 31.8 Å². The molecule has 334 valence electrons. The van der Waals surface area contributed by atoms with Crippen LogP contribution in [0.2, 0.25) is 43.3 Å². The number of alkyl halides is 3. The van der Waals surface area contributed by atoms with Crippen LogP contribution in [0, 0.1) is 5.41 Å². The van der Waals surface area contributed by atoms with E-state index in [2.05, 4.69) is 74.4 Å². The Hall–Kier alpha value is -2.87. The Bertz CT molecular complexity index is 1260. The SMILES string of the molecule is C.C=C=COOCCNC(=O)OCCOCCC[Si](C)(C)OC(C)(C)C(C)(CCC(F)(F)F)C(C)(C)[Si](C)(C)CCCOCCOC(=O)NCCOC(=O)C(=C)C. The zero-order valence-electron chi connectivity index (χ0n) is 35.4. The molecule has 0 aromatic heterocycles. The van der Waals surface area contributed by atoms with E-state index in [1.807, 2.05) is 20.8 Å². The molecule has 0 saturated heterocycles. The van der Waals surface area contributed by atoms with Gasteiger partial charge in [0.1, 0.15) is 26.4 Å². The summed E-state index contributed by atoms with van der Waals surface area (Å²) in [6.45, 7) is 28.7. The molecule has 0 heterocycles. The van der Waals surface area contributed by atoms with E-state index in [-0.39, 0.29) is 72.2 Å². The van der Waals surface area contributed by atoms with Crippen molar-refractivity contribution in [2.24, 2.45) is 5.41 Å². The Kier molecular flexibility index (Phi) is 26.6. The first-order chi connectivity index (χ1) is 25.8. The quantitative estimate of drug-likeness (QED) is 0.00820. The van der Waals surface area contributed by atoms with Crippen molar-refractivity contribution in [1.82, 2.24) is 10.6 Å². The van der Waals surface area contributed by atoms with Gasteiger partial charge in [0.05, 0.1) is 33.4 Å². The van der Waals surface area contributed by atoms with E-state index in [4.69, 9.17) is 33.0 Å². The third-order valence-electron chi connectivity index (χ3n) is 10.5. The molecule has 13 nitrogen and oxygen atoms in total. The smallest absolute Gasteiger partial charge is 0.407 e. The third-order valence-corrected chi connectivity index (χ3v) is 18.7. The van der Waals surface area contributed by atoms with Crippen molar-refractivity contribution in [3.8, 4) is 0 Å².